The molecule has 1 aliphatic rings. The Hall–Kier alpha value is -4.94. The molecule has 0 radical (unpaired) electrons. The Morgan fingerprint density at radius 1 is 0.263 bits per heavy atom. The number of hydrogen-bond donors (Lipinski definition) is 0. The molecule has 0 bridgehead atoms. The maximum absolute atomic E-state index is 2.40. The van der Waals surface area contributed by atoms with Crippen molar-refractivity contribution in [2.75, 3.05) is 0 Å². The third kappa shape index (κ3) is 2.59. The van der Waals surface area contributed by atoms with Gasteiger partial charge in [-0.15, -0.1) is 0 Å². The van der Waals surface area contributed by atoms with Crippen molar-refractivity contribution in [3.63, 3.8) is 0 Å². The average molecular weight is 479 g/mol. The van der Waals surface area contributed by atoms with Crippen molar-refractivity contribution in [3.05, 3.63) is 133 Å². The minimum Gasteiger partial charge on any atom is -0.0616 e. The van der Waals surface area contributed by atoms with Crippen LogP contribution in [0.25, 0.3) is 87.2 Å². The van der Waals surface area contributed by atoms with Gasteiger partial charge in [0, 0.05) is 0 Å². The van der Waals surface area contributed by atoms with E-state index in [0.717, 1.165) is 0 Å². The van der Waals surface area contributed by atoms with Crippen molar-refractivity contribution in [3.8, 4) is 33.4 Å². The van der Waals surface area contributed by atoms with Crippen molar-refractivity contribution >= 4 is 53.9 Å². The minimum atomic E-state index is 1.28. The Kier molecular flexibility index (Phi) is 3.88. The standard InChI is InChI=1S/C38H22/c1-2-9-26-21-33-28(20-25(26)8-1)19-18-24-13-7-17-32(36(24)33)37-29-14-4-3-10-27(29)22-34-30-15-5-11-23-12-6-16-31(35(23)30)38(34)37/h1-22H. The Labute approximate surface area is 220 Å². The second-order valence-electron chi connectivity index (χ2n) is 10.5. The van der Waals surface area contributed by atoms with Crippen LogP contribution >= 0.6 is 0 Å². The number of hydrogen-bond acceptors (Lipinski definition) is 0. The summed E-state index contributed by atoms with van der Waals surface area (Å²) in [6.07, 6.45) is 0. The fourth-order valence-corrected chi connectivity index (χ4v) is 6.90. The zero-order valence-electron chi connectivity index (χ0n) is 20.7. The molecule has 174 valence electrons. The molecule has 1 aliphatic carbocycles. The SMILES string of the molecule is c1ccc2cc3c(ccc4cccc(-c5c6c(cc7ccccc57)-c5cccc7cccc-6c57)c43)cc2c1. The molecule has 0 heterocycles. The van der Waals surface area contributed by atoms with Gasteiger partial charge in [0.1, 0.15) is 0 Å². The molecule has 0 saturated heterocycles. The first-order valence-corrected chi connectivity index (χ1v) is 13.3. The van der Waals surface area contributed by atoms with E-state index in [1.807, 2.05) is 0 Å². The Balaban J connectivity index is 1.51. The highest BCUT2D eigenvalue weighted by Crippen LogP contribution is 2.54. The van der Waals surface area contributed by atoms with Crippen LogP contribution in [0.15, 0.2) is 133 Å². The molecular formula is C38H22. The lowest BCUT2D eigenvalue weighted by molar-refractivity contribution is 1.69. The number of fused-ring (bicyclic) bond motifs is 8. The maximum Gasteiger partial charge on any atom is -0.00134 e. The second-order valence-corrected chi connectivity index (χ2v) is 10.5. The summed E-state index contributed by atoms with van der Waals surface area (Å²) in [5.41, 5.74) is 8.04. The van der Waals surface area contributed by atoms with Crippen molar-refractivity contribution in [2.24, 2.45) is 0 Å². The molecular weight excluding hydrogens is 456 g/mol. The highest BCUT2D eigenvalue weighted by atomic mass is 14.3. The maximum atomic E-state index is 2.40. The van der Waals surface area contributed by atoms with E-state index < -0.39 is 0 Å². The molecule has 0 nitrogen and oxygen atoms in total. The Morgan fingerprint density at radius 2 is 0.816 bits per heavy atom. The summed E-state index contributed by atoms with van der Waals surface area (Å²) in [5.74, 6) is 0. The average Bonchev–Trinajstić information content (AvgIpc) is 3.29. The van der Waals surface area contributed by atoms with Gasteiger partial charge in [-0.3, -0.25) is 0 Å². The van der Waals surface area contributed by atoms with Crippen LogP contribution in [0.5, 0.6) is 0 Å². The number of rotatable bonds is 1. The second kappa shape index (κ2) is 7.31. The fraction of sp³-hybridized carbons (Fsp3) is 0. The summed E-state index contributed by atoms with van der Waals surface area (Å²) in [4.78, 5) is 0. The van der Waals surface area contributed by atoms with Crippen LogP contribution in [0, 0.1) is 0 Å². The first-order valence-electron chi connectivity index (χ1n) is 13.3. The van der Waals surface area contributed by atoms with E-state index in [4.69, 9.17) is 0 Å². The lowest BCUT2D eigenvalue weighted by Gasteiger charge is -2.18. The van der Waals surface area contributed by atoms with Gasteiger partial charge >= 0.3 is 0 Å². The summed E-state index contributed by atoms with van der Waals surface area (Å²) in [6.45, 7) is 0. The van der Waals surface area contributed by atoms with Gasteiger partial charge in [0.25, 0.3) is 0 Å². The normalized spacial score (nSPS) is 12.2. The van der Waals surface area contributed by atoms with Crippen molar-refractivity contribution < 1.29 is 0 Å². The smallest absolute Gasteiger partial charge is 0.00134 e. The highest BCUT2D eigenvalue weighted by molar-refractivity contribution is 6.26. The third-order valence-electron chi connectivity index (χ3n) is 8.51. The van der Waals surface area contributed by atoms with Gasteiger partial charge in [-0.25, -0.2) is 0 Å². The van der Waals surface area contributed by atoms with Gasteiger partial charge in [-0.05, 0) is 105 Å². The minimum absolute atomic E-state index is 1.28. The number of benzene rings is 8. The Morgan fingerprint density at radius 3 is 1.61 bits per heavy atom. The summed E-state index contributed by atoms with van der Waals surface area (Å²) in [6, 6.07) is 49.6. The molecule has 0 aromatic heterocycles. The first kappa shape index (κ1) is 20.2. The first-order chi connectivity index (χ1) is 18.8. The molecule has 0 aliphatic heterocycles. The molecule has 8 aromatic rings. The van der Waals surface area contributed by atoms with E-state index in [0.29, 0.717) is 0 Å². The van der Waals surface area contributed by atoms with Gasteiger partial charge in [-0.1, -0.05) is 115 Å². The third-order valence-corrected chi connectivity index (χ3v) is 8.51. The van der Waals surface area contributed by atoms with Crippen LogP contribution in [-0.4, -0.2) is 0 Å². The van der Waals surface area contributed by atoms with Crippen LogP contribution in [0.4, 0.5) is 0 Å². The van der Waals surface area contributed by atoms with E-state index in [9.17, 15) is 0 Å². The topological polar surface area (TPSA) is 0 Å². The van der Waals surface area contributed by atoms with Crippen molar-refractivity contribution in [2.45, 2.75) is 0 Å². The van der Waals surface area contributed by atoms with Gasteiger partial charge in [-0.2, -0.15) is 0 Å². The molecule has 0 saturated carbocycles. The highest BCUT2D eigenvalue weighted by Gasteiger charge is 2.27. The molecule has 8 aromatic carbocycles. The van der Waals surface area contributed by atoms with Crippen molar-refractivity contribution in [1.29, 1.82) is 0 Å². The van der Waals surface area contributed by atoms with Crippen LogP contribution < -0.4 is 0 Å². The molecule has 0 spiro atoms. The fourth-order valence-electron chi connectivity index (χ4n) is 6.90. The van der Waals surface area contributed by atoms with E-state index in [1.165, 1.54) is 87.2 Å². The lowest BCUT2D eigenvalue weighted by Crippen LogP contribution is -1.91. The summed E-state index contributed by atoms with van der Waals surface area (Å²) in [7, 11) is 0. The van der Waals surface area contributed by atoms with Crippen LogP contribution in [-0.2, 0) is 0 Å². The lowest BCUT2D eigenvalue weighted by atomic mass is 9.85. The molecule has 9 rings (SSSR count). The van der Waals surface area contributed by atoms with Gasteiger partial charge < -0.3 is 0 Å². The molecule has 0 N–H and O–H groups in total. The van der Waals surface area contributed by atoms with E-state index in [1.54, 1.807) is 0 Å². The monoisotopic (exact) mass is 478 g/mol. The molecule has 0 unspecified atom stereocenters. The summed E-state index contributed by atoms with van der Waals surface area (Å²) in [5, 5.41) is 13.0. The van der Waals surface area contributed by atoms with Gasteiger partial charge in [0.05, 0.1) is 0 Å². The predicted molar refractivity (Wildman–Crippen MR) is 164 cm³/mol. The quantitative estimate of drug-likeness (QED) is 0.163. The molecule has 0 fully saturated rings. The van der Waals surface area contributed by atoms with Crippen molar-refractivity contribution in [1.82, 2.24) is 0 Å². The van der Waals surface area contributed by atoms with E-state index >= 15 is 0 Å². The van der Waals surface area contributed by atoms with E-state index in [-0.39, 0.29) is 0 Å². The largest absolute Gasteiger partial charge is 0.0616 e. The summed E-state index contributed by atoms with van der Waals surface area (Å²) < 4.78 is 0. The Bertz CT molecular complexity index is 2280. The summed E-state index contributed by atoms with van der Waals surface area (Å²) >= 11 is 0. The zero-order chi connectivity index (χ0) is 24.8. The van der Waals surface area contributed by atoms with Crippen LogP contribution in [0.2, 0.25) is 0 Å². The zero-order valence-corrected chi connectivity index (χ0v) is 20.7. The van der Waals surface area contributed by atoms with Gasteiger partial charge in [0.15, 0.2) is 0 Å². The van der Waals surface area contributed by atoms with Crippen LogP contribution in [0.3, 0.4) is 0 Å². The molecule has 0 heteroatoms. The predicted octanol–water partition coefficient (Wildman–Crippen LogP) is 10.8. The molecule has 0 amide bonds. The van der Waals surface area contributed by atoms with Gasteiger partial charge in [0.2, 0.25) is 0 Å². The van der Waals surface area contributed by atoms with Crippen LogP contribution in [0.1, 0.15) is 0 Å². The van der Waals surface area contributed by atoms with E-state index in [2.05, 4.69) is 133 Å². The molecule has 38 heavy (non-hydrogen) atoms. The molecule has 0 atom stereocenters.